The van der Waals surface area contributed by atoms with Gasteiger partial charge in [0.1, 0.15) is 0 Å². The molecule has 1 aliphatic heterocycles. The number of likely N-dealkylation sites (tertiary alicyclic amines) is 1. The smallest absolute Gasteiger partial charge is 0.279 e. The lowest BCUT2D eigenvalue weighted by Crippen LogP contribution is -2.73. The number of fused-ring (bicyclic) bond motifs is 2. The van der Waals surface area contributed by atoms with E-state index in [4.69, 9.17) is 5.73 Å². The van der Waals surface area contributed by atoms with E-state index in [1.54, 1.807) is 4.90 Å². The summed E-state index contributed by atoms with van der Waals surface area (Å²) < 4.78 is 28.3. The number of hydrogen-bond acceptors (Lipinski definition) is 5. The van der Waals surface area contributed by atoms with Gasteiger partial charge in [-0.25, -0.2) is 0 Å². The molecule has 3 aliphatic carbocycles. The molecule has 8 nitrogen and oxygen atoms in total. The normalized spacial score (nSPS) is 36.0. The Morgan fingerprint density at radius 2 is 1.92 bits per heavy atom. The number of hydrogen-bond donors (Lipinski definition) is 3. The summed E-state index contributed by atoms with van der Waals surface area (Å²) in [5.41, 5.74) is 5.47. The third kappa shape index (κ3) is 3.32. The highest BCUT2D eigenvalue weighted by Crippen LogP contribution is 2.52. The molecule has 0 unspecified atom stereocenters. The molecule has 1 heterocycles. The van der Waals surface area contributed by atoms with Crippen LogP contribution in [0.4, 0.5) is 0 Å². The van der Waals surface area contributed by atoms with E-state index in [-0.39, 0.29) is 29.7 Å². The number of nitrogens with one attached hydrogen (secondary N) is 2. The molecule has 2 bridgehead atoms. The molecule has 0 radical (unpaired) electrons. The highest BCUT2D eigenvalue weighted by molar-refractivity contribution is 7.87. The van der Waals surface area contributed by atoms with E-state index in [1.807, 2.05) is 0 Å². The van der Waals surface area contributed by atoms with Crippen LogP contribution >= 0.6 is 0 Å². The summed E-state index contributed by atoms with van der Waals surface area (Å²) in [7, 11) is -0.370. The SMILES string of the molecule is CN(C)S(=O)(=O)NC12CCCC(NCC(=O)N3CCC[C@H]3N)(C1)C2. The first-order chi connectivity index (χ1) is 11.2. The molecule has 4 rings (SSSR count). The molecule has 1 saturated heterocycles. The van der Waals surface area contributed by atoms with Crippen molar-refractivity contribution in [1.29, 1.82) is 0 Å². The Balaban J connectivity index is 1.56. The summed E-state index contributed by atoms with van der Waals surface area (Å²) in [6.07, 6.45) is 5.96. The fraction of sp³-hybridized carbons (Fsp3) is 0.933. The molecule has 9 heteroatoms. The van der Waals surface area contributed by atoms with Crippen LogP contribution < -0.4 is 15.8 Å². The number of carbonyl (C=O) groups is 1. The number of carbonyl (C=O) groups excluding carboxylic acids is 1. The first-order valence-electron chi connectivity index (χ1n) is 8.69. The van der Waals surface area contributed by atoms with Crippen LogP contribution in [0.5, 0.6) is 0 Å². The molecule has 0 aromatic heterocycles. The van der Waals surface area contributed by atoms with Crippen LogP contribution in [0, 0.1) is 0 Å². The molecule has 3 saturated carbocycles. The molecule has 24 heavy (non-hydrogen) atoms. The lowest BCUT2D eigenvalue weighted by molar-refractivity contribution is -0.132. The topological polar surface area (TPSA) is 108 Å². The van der Waals surface area contributed by atoms with Crippen molar-refractivity contribution in [3.8, 4) is 0 Å². The molecule has 1 amide bonds. The molecular formula is C15H29N5O3S. The van der Waals surface area contributed by atoms with E-state index in [2.05, 4.69) is 10.0 Å². The molecule has 138 valence electrons. The van der Waals surface area contributed by atoms with Gasteiger partial charge in [0.05, 0.1) is 12.7 Å². The minimum Gasteiger partial charge on any atom is -0.326 e. The van der Waals surface area contributed by atoms with Crippen LogP contribution in [0.25, 0.3) is 0 Å². The predicted molar refractivity (Wildman–Crippen MR) is 91.2 cm³/mol. The zero-order valence-corrected chi connectivity index (χ0v) is 15.4. The van der Waals surface area contributed by atoms with Gasteiger partial charge in [-0.1, -0.05) is 0 Å². The fourth-order valence-corrected chi connectivity index (χ4v) is 5.51. The van der Waals surface area contributed by atoms with Gasteiger partial charge in [0.15, 0.2) is 0 Å². The van der Waals surface area contributed by atoms with Crippen molar-refractivity contribution in [3.05, 3.63) is 0 Å². The van der Waals surface area contributed by atoms with Gasteiger partial charge in [0.25, 0.3) is 10.2 Å². The summed E-state index contributed by atoms with van der Waals surface area (Å²) in [6.45, 7) is 1.02. The molecule has 0 aromatic rings. The third-order valence-corrected chi connectivity index (χ3v) is 7.38. The van der Waals surface area contributed by atoms with Crippen molar-refractivity contribution in [2.75, 3.05) is 27.2 Å². The van der Waals surface area contributed by atoms with Crippen molar-refractivity contribution in [3.63, 3.8) is 0 Å². The van der Waals surface area contributed by atoms with Crippen molar-refractivity contribution >= 4 is 16.1 Å². The maximum Gasteiger partial charge on any atom is 0.279 e. The quantitative estimate of drug-likeness (QED) is 0.583. The summed E-state index contributed by atoms with van der Waals surface area (Å²) in [4.78, 5) is 14.1. The molecule has 0 spiro atoms. The van der Waals surface area contributed by atoms with Gasteiger partial charge in [-0.15, -0.1) is 0 Å². The Labute approximate surface area is 144 Å². The van der Waals surface area contributed by atoms with Gasteiger partial charge in [-0.3, -0.25) is 4.79 Å². The van der Waals surface area contributed by atoms with Crippen LogP contribution in [0.3, 0.4) is 0 Å². The van der Waals surface area contributed by atoms with E-state index in [0.29, 0.717) is 0 Å². The average Bonchev–Trinajstić information content (AvgIpc) is 2.90. The predicted octanol–water partition coefficient (Wildman–Crippen LogP) is -0.665. The van der Waals surface area contributed by atoms with Crippen molar-refractivity contribution in [1.82, 2.24) is 19.2 Å². The highest BCUT2D eigenvalue weighted by Gasteiger charge is 2.58. The molecule has 4 N–H and O–H groups in total. The summed E-state index contributed by atoms with van der Waals surface area (Å²) in [5.74, 6) is 0.0475. The zero-order valence-electron chi connectivity index (χ0n) is 14.5. The Morgan fingerprint density at radius 1 is 1.25 bits per heavy atom. The van der Waals surface area contributed by atoms with E-state index in [1.165, 1.54) is 18.4 Å². The fourth-order valence-electron chi connectivity index (χ4n) is 4.53. The van der Waals surface area contributed by atoms with Gasteiger partial charge in [0.2, 0.25) is 5.91 Å². The van der Waals surface area contributed by atoms with Crippen LogP contribution in [0.2, 0.25) is 0 Å². The summed E-state index contributed by atoms with van der Waals surface area (Å²) in [6, 6.07) is 0. The van der Waals surface area contributed by atoms with Crippen LogP contribution in [-0.4, -0.2) is 68.0 Å². The van der Waals surface area contributed by atoms with Crippen molar-refractivity contribution < 1.29 is 13.2 Å². The van der Waals surface area contributed by atoms with Crippen LogP contribution in [-0.2, 0) is 15.0 Å². The summed E-state index contributed by atoms with van der Waals surface area (Å²) >= 11 is 0. The van der Waals surface area contributed by atoms with Gasteiger partial charge >= 0.3 is 0 Å². The summed E-state index contributed by atoms with van der Waals surface area (Å²) in [5, 5.41) is 3.41. The molecule has 4 aliphatic rings. The number of nitrogens with two attached hydrogens (primary N) is 1. The minimum absolute atomic E-state index is 0.0475. The molecular weight excluding hydrogens is 330 g/mol. The number of nitrogens with zero attached hydrogens (tertiary/aromatic N) is 2. The maximum atomic E-state index is 12.3. The molecule has 1 atom stereocenters. The van der Waals surface area contributed by atoms with Crippen molar-refractivity contribution in [2.24, 2.45) is 5.73 Å². The maximum absolute atomic E-state index is 12.3. The van der Waals surface area contributed by atoms with Gasteiger partial charge in [-0.05, 0) is 44.9 Å². The zero-order chi connectivity index (χ0) is 17.6. The second-order valence-electron chi connectivity index (χ2n) is 7.81. The first kappa shape index (κ1) is 18.1. The van der Waals surface area contributed by atoms with Crippen LogP contribution in [0.1, 0.15) is 44.9 Å². The standard InChI is InChI=1S/C15H29N5O3S/c1-19(2)24(22,23)18-15-7-4-6-14(10-15,11-15)17-9-13(21)20-8-3-5-12(20)16/h12,17-18H,3-11,16H2,1-2H3/t12-,14?,15?/m0/s1. The molecule has 0 aromatic carbocycles. The highest BCUT2D eigenvalue weighted by atomic mass is 32.2. The van der Waals surface area contributed by atoms with Crippen LogP contribution in [0.15, 0.2) is 0 Å². The lowest BCUT2D eigenvalue weighted by atomic mass is 9.55. The van der Waals surface area contributed by atoms with E-state index in [0.717, 1.165) is 51.5 Å². The largest absolute Gasteiger partial charge is 0.326 e. The Kier molecular flexibility index (Phi) is 4.67. The van der Waals surface area contributed by atoms with Gasteiger partial charge < -0.3 is 16.0 Å². The number of amides is 1. The average molecular weight is 359 g/mol. The minimum atomic E-state index is -3.43. The van der Waals surface area contributed by atoms with Crippen molar-refractivity contribution in [2.45, 2.75) is 62.2 Å². The Morgan fingerprint density at radius 3 is 2.50 bits per heavy atom. The third-order valence-electron chi connectivity index (χ3n) is 5.72. The Hall–Kier alpha value is -0.740. The van der Waals surface area contributed by atoms with Gasteiger partial charge in [0, 0.05) is 31.7 Å². The van der Waals surface area contributed by atoms with E-state index >= 15 is 0 Å². The second-order valence-corrected chi connectivity index (χ2v) is 9.69. The Bertz CT molecular complexity index is 600. The van der Waals surface area contributed by atoms with Gasteiger partial charge in [-0.2, -0.15) is 17.4 Å². The van der Waals surface area contributed by atoms with E-state index < -0.39 is 10.2 Å². The second kappa shape index (κ2) is 6.21. The van der Waals surface area contributed by atoms with E-state index in [9.17, 15) is 13.2 Å². The number of rotatable bonds is 6. The lowest BCUT2D eigenvalue weighted by Gasteiger charge is -2.61. The molecule has 4 fully saturated rings. The first-order valence-corrected chi connectivity index (χ1v) is 10.1. The monoisotopic (exact) mass is 359 g/mol.